The normalized spacial score (nSPS) is 20.0. The molecule has 1 aliphatic heterocycles. The summed E-state index contributed by atoms with van der Waals surface area (Å²) < 4.78 is 31.6. The summed E-state index contributed by atoms with van der Waals surface area (Å²) in [4.78, 5) is 0. The molecule has 21 heavy (non-hydrogen) atoms. The van der Waals surface area contributed by atoms with Gasteiger partial charge in [-0.15, -0.1) is 0 Å². The van der Waals surface area contributed by atoms with Crippen LogP contribution in [0.3, 0.4) is 0 Å². The molecule has 0 amide bonds. The third kappa shape index (κ3) is 4.42. The van der Waals surface area contributed by atoms with Crippen LogP contribution in [-0.2, 0) is 14.8 Å². The molecule has 0 aromatic heterocycles. The Labute approximate surface area is 132 Å². The highest BCUT2D eigenvalue weighted by Gasteiger charge is 2.34. The molecule has 6 heteroatoms. The highest BCUT2D eigenvalue weighted by molar-refractivity contribution is 7.89. The topological polar surface area (TPSA) is 46.6 Å². The second kappa shape index (κ2) is 7.58. The summed E-state index contributed by atoms with van der Waals surface area (Å²) in [6.45, 7) is 1.21. The molecular weight excluding hydrogens is 310 g/mol. The third-order valence-corrected chi connectivity index (χ3v) is 5.99. The Kier molecular flexibility index (Phi) is 6.05. The van der Waals surface area contributed by atoms with Crippen molar-refractivity contribution in [2.75, 3.05) is 26.0 Å². The van der Waals surface area contributed by atoms with E-state index in [1.807, 2.05) is 24.3 Å². The first-order valence-corrected chi connectivity index (χ1v) is 9.27. The smallest absolute Gasteiger partial charge is 0.214 e. The van der Waals surface area contributed by atoms with Crippen molar-refractivity contribution in [2.24, 2.45) is 0 Å². The van der Waals surface area contributed by atoms with Crippen molar-refractivity contribution in [1.82, 2.24) is 4.31 Å². The minimum absolute atomic E-state index is 0.0730. The molecule has 1 aliphatic rings. The van der Waals surface area contributed by atoms with Crippen molar-refractivity contribution in [1.29, 1.82) is 0 Å². The zero-order valence-corrected chi connectivity index (χ0v) is 13.9. The van der Waals surface area contributed by atoms with Crippen molar-refractivity contribution in [2.45, 2.75) is 31.7 Å². The van der Waals surface area contributed by atoms with E-state index in [4.69, 9.17) is 16.3 Å². The summed E-state index contributed by atoms with van der Waals surface area (Å²) in [7, 11) is -1.59. The molecule has 0 unspecified atom stereocenters. The van der Waals surface area contributed by atoms with Gasteiger partial charge in [0, 0.05) is 31.3 Å². The lowest BCUT2D eigenvalue weighted by molar-refractivity contribution is 0.194. The van der Waals surface area contributed by atoms with Crippen LogP contribution in [0.2, 0.25) is 5.02 Å². The van der Waals surface area contributed by atoms with Crippen LogP contribution < -0.4 is 0 Å². The van der Waals surface area contributed by atoms with Crippen molar-refractivity contribution >= 4 is 21.6 Å². The van der Waals surface area contributed by atoms with E-state index >= 15 is 0 Å². The molecular formula is C15H22ClNO3S. The van der Waals surface area contributed by atoms with Gasteiger partial charge in [0.2, 0.25) is 10.0 Å². The van der Waals surface area contributed by atoms with E-state index in [0.29, 0.717) is 24.6 Å². The van der Waals surface area contributed by atoms with Crippen LogP contribution in [0.4, 0.5) is 0 Å². The second-order valence-corrected chi connectivity index (χ2v) is 7.82. The number of rotatable bonds is 7. The minimum atomic E-state index is -3.22. The number of hydrogen-bond donors (Lipinski definition) is 0. The van der Waals surface area contributed by atoms with Crippen molar-refractivity contribution < 1.29 is 13.2 Å². The van der Waals surface area contributed by atoms with Gasteiger partial charge in [-0.1, -0.05) is 23.7 Å². The molecule has 1 saturated heterocycles. The molecule has 2 rings (SSSR count). The Bertz CT molecular complexity index is 562. The lowest BCUT2D eigenvalue weighted by Gasteiger charge is -2.24. The Morgan fingerprint density at radius 1 is 1.38 bits per heavy atom. The van der Waals surface area contributed by atoms with Crippen LogP contribution >= 0.6 is 11.6 Å². The number of nitrogens with zero attached hydrogens (tertiary/aromatic N) is 1. The first-order valence-electron chi connectivity index (χ1n) is 7.28. The minimum Gasteiger partial charge on any atom is -0.385 e. The molecule has 0 radical (unpaired) electrons. The lowest BCUT2D eigenvalue weighted by atomic mass is 10.1. The molecule has 0 N–H and O–H groups in total. The highest BCUT2D eigenvalue weighted by atomic mass is 35.5. The number of halogens is 1. The van der Waals surface area contributed by atoms with Gasteiger partial charge in [-0.2, -0.15) is 4.31 Å². The van der Waals surface area contributed by atoms with Crippen molar-refractivity contribution in [3.63, 3.8) is 0 Å². The average molecular weight is 332 g/mol. The zero-order chi connectivity index (χ0) is 15.3. The molecule has 118 valence electrons. The Morgan fingerprint density at radius 2 is 2.19 bits per heavy atom. The van der Waals surface area contributed by atoms with Gasteiger partial charge in [0.15, 0.2) is 0 Å². The van der Waals surface area contributed by atoms with Gasteiger partial charge in [0.25, 0.3) is 0 Å². The maximum absolute atomic E-state index is 12.5. The molecule has 1 heterocycles. The predicted octanol–water partition coefficient (Wildman–Crippen LogP) is 3.23. The molecule has 4 nitrogen and oxygen atoms in total. The molecule has 1 aromatic rings. The first kappa shape index (κ1) is 16.7. The quantitative estimate of drug-likeness (QED) is 0.721. The maximum Gasteiger partial charge on any atom is 0.214 e. The molecule has 1 fully saturated rings. The Hall–Kier alpha value is -0.620. The van der Waals surface area contributed by atoms with E-state index in [2.05, 4.69) is 0 Å². The van der Waals surface area contributed by atoms with Gasteiger partial charge in [0.05, 0.1) is 5.75 Å². The Balaban J connectivity index is 2.07. The summed E-state index contributed by atoms with van der Waals surface area (Å²) in [6.07, 6.45) is 3.16. The highest BCUT2D eigenvalue weighted by Crippen LogP contribution is 2.35. The molecule has 0 aliphatic carbocycles. The first-order chi connectivity index (χ1) is 10.0. The van der Waals surface area contributed by atoms with E-state index in [9.17, 15) is 8.42 Å². The summed E-state index contributed by atoms with van der Waals surface area (Å²) in [5, 5.41) is 0.650. The predicted molar refractivity (Wildman–Crippen MR) is 85.0 cm³/mol. The van der Waals surface area contributed by atoms with Crippen LogP contribution in [0, 0.1) is 0 Å². The van der Waals surface area contributed by atoms with Crippen molar-refractivity contribution in [3.8, 4) is 0 Å². The zero-order valence-electron chi connectivity index (χ0n) is 12.3. The van der Waals surface area contributed by atoms with Gasteiger partial charge >= 0.3 is 0 Å². The van der Waals surface area contributed by atoms with Crippen LogP contribution in [0.25, 0.3) is 0 Å². The molecule has 0 bridgehead atoms. The van der Waals surface area contributed by atoms with E-state index in [-0.39, 0.29) is 11.8 Å². The largest absolute Gasteiger partial charge is 0.385 e. The molecule has 1 aromatic carbocycles. The summed E-state index contributed by atoms with van der Waals surface area (Å²) in [5.74, 6) is 0.188. The van der Waals surface area contributed by atoms with Gasteiger partial charge < -0.3 is 4.74 Å². The Morgan fingerprint density at radius 3 is 2.90 bits per heavy atom. The maximum atomic E-state index is 12.5. The summed E-state index contributed by atoms with van der Waals surface area (Å²) in [6, 6.07) is 7.43. The SMILES string of the molecule is COCCCCS(=O)(=O)N1CCC[C@H]1c1cccc(Cl)c1. The number of ether oxygens (including phenoxy) is 1. The van der Waals surface area contributed by atoms with Crippen LogP contribution in [0.5, 0.6) is 0 Å². The van der Waals surface area contributed by atoms with Gasteiger partial charge in [-0.05, 0) is 43.4 Å². The number of sulfonamides is 1. The second-order valence-electron chi connectivity index (χ2n) is 5.34. The van der Waals surface area contributed by atoms with Crippen LogP contribution in [-0.4, -0.2) is 38.7 Å². The van der Waals surface area contributed by atoms with Gasteiger partial charge in [-0.25, -0.2) is 8.42 Å². The van der Waals surface area contributed by atoms with E-state index in [1.54, 1.807) is 11.4 Å². The van der Waals surface area contributed by atoms with Gasteiger partial charge in [-0.3, -0.25) is 0 Å². The fourth-order valence-corrected chi connectivity index (χ4v) is 4.79. The molecule has 0 saturated carbocycles. The molecule has 1 atom stereocenters. The number of benzene rings is 1. The summed E-state index contributed by atoms with van der Waals surface area (Å²) in [5.41, 5.74) is 0.987. The van der Waals surface area contributed by atoms with E-state index in [1.165, 1.54) is 0 Å². The fourth-order valence-electron chi connectivity index (χ4n) is 2.77. The van der Waals surface area contributed by atoms with Crippen LogP contribution in [0.1, 0.15) is 37.3 Å². The molecule has 0 spiro atoms. The lowest BCUT2D eigenvalue weighted by Crippen LogP contribution is -2.32. The number of hydrogen-bond acceptors (Lipinski definition) is 3. The fraction of sp³-hybridized carbons (Fsp3) is 0.600. The van der Waals surface area contributed by atoms with E-state index < -0.39 is 10.0 Å². The summed E-state index contributed by atoms with van der Waals surface area (Å²) >= 11 is 6.02. The number of methoxy groups -OCH3 is 1. The van der Waals surface area contributed by atoms with E-state index in [0.717, 1.165) is 24.8 Å². The average Bonchev–Trinajstić information content (AvgIpc) is 2.94. The third-order valence-electron chi connectivity index (χ3n) is 3.80. The van der Waals surface area contributed by atoms with Gasteiger partial charge in [0.1, 0.15) is 0 Å². The monoisotopic (exact) mass is 331 g/mol. The van der Waals surface area contributed by atoms with Crippen LogP contribution in [0.15, 0.2) is 24.3 Å². The standard InChI is InChI=1S/C15H22ClNO3S/c1-20-10-2-3-11-21(18,19)17-9-5-8-15(17)13-6-4-7-14(16)12-13/h4,6-7,12,15H,2-3,5,8-11H2,1H3/t15-/m0/s1. The van der Waals surface area contributed by atoms with Crippen molar-refractivity contribution in [3.05, 3.63) is 34.9 Å². The number of unbranched alkanes of at least 4 members (excludes halogenated alkanes) is 1.